The first-order valence-corrected chi connectivity index (χ1v) is 11.0. The zero-order valence-corrected chi connectivity index (χ0v) is 18.9. The molecular formula is C23H27N5O6. The van der Waals surface area contributed by atoms with E-state index in [1.54, 1.807) is 29.2 Å². The number of carbonyl (C=O) groups is 3. The van der Waals surface area contributed by atoms with Crippen molar-refractivity contribution in [3.05, 3.63) is 64.2 Å². The summed E-state index contributed by atoms with van der Waals surface area (Å²) in [6, 6.07) is 12.3. The Bertz CT molecular complexity index is 1020. The first-order chi connectivity index (χ1) is 16.4. The Morgan fingerprint density at radius 3 is 2.21 bits per heavy atom. The minimum atomic E-state index is -0.748. The van der Waals surface area contributed by atoms with Gasteiger partial charge in [0.05, 0.1) is 11.5 Å². The maximum atomic E-state index is 12.6. The van der Waals surface area contributed by atoms with E-state index in [1.807, 2.05) is 6.92 Å². The molecule has 0 spiro atoms. The minimum Gasteiger partial charge on any atom is -0.494 e. The second-order valence-corrected chi connectivity index (χ2v) is 7.61. The average Bonchev–Trinajstić information content (AvgIpc) is 2.85. The standard InChI is InChI=1S/C23H27N5O6/c1-2-34-20-9-5-18(6-10-20)25-22(30)21(29)24-11-12-26-13-15-27(16-14-26)23(31)17-3-7-19(8-4-17)28(32)33/h3-10H,2,11-16H2,1H3,(H,24,29)(H,25,30). The zero-order valence-electron chi connectivity index (χ0n) is 18.9. The van der Waals surface area contributed by atoms with Gasteiger partial charge in [-0.15, -0.1) is 0 Å². The van der Waals surface area contributed by atoms with E-state index in [0.717, 1.165) is 0 Å². The Morgan fingerprint density at radius 2 is 1.62 bits per heavy atom. The number of carbonyl (C=O) groups excluding carboxylic acids is 3. The molecular weight excluding hydrogens is 442 g/mol. The number of ether oxygens (including phenoxy) is 1. The van der Waals surface area contributed by atoms with Crippen molar-refractivity contribution in [3.63, 3.8) is 0 Å². The molecule has 1 fully saturated rings. The number of hydrogen-bond donors (Lipinski definition) is 2. The zero-order chi connectivity index (χ0) is 24.5. The van der Waals surface area contributed by atoms with Crippen molar-refractivity contribution in [2.24, 2.45) is 0 Å². The van der Waals surface area contributed by atoms with Crippen molar-refractivity contribution in [1.29, 1.82) is 0 Å². The summed E-state index contributed by atoms with van der Waals surface area (Å²) >= 11 is 0. The normalized spacial score (nSPS) is 13.7. The molecule has 1 aliphatic heterocycles. The first kappa shape index (κ1) is 24.6. The number of hydrogen-bond acceptors (Lipinski definition) is 7. The number of nitro benzene ring substituents is 1. The van der Waals surface area contributed by atoms with Gasteiger partial charge in [-0.1, -0.05) is 0 Å². The number of non-ortho nitro benzene ring substituents is 1. The third-order valence-electron chi connectivity index (χ3n) is 5.33. The van der Waals surface area contributed by atoms with Crippen LogP contribution >= 0.6 is 0 Å². The van der Waals surface area contributed by atoms with Crippen molar-refractivity contribution < 1.29 is 24.0 Å². The van der Waals surface area contributed by atoms with Gasteiger partial charge in [-0.25, -0.2) is 0 Å². The maximum Gasteiger partial charge on any atom is 0.313 e. The van der Waals surface area contributed by atoms with Gasteiger partial charge in [0.1, 0.15) is 5.75 Å². The quantitative estimate of drug-likeness (QED) is 0.340. The van der Waals surface area contributed by atoms with Crippen LogP contribution in [0.4, 0.5) is 11.4 Å². The van der Waals surface area contributed by atoms with Gasteiger partial charge >= 0.3 is 11.8 Å². The van der Waals surface area contributed by atoms with Gasteiger partial charge in [0.25, 0.3) is 11.6 Å². The Morgan fingerprint density at radius 1 is 0.971 bits per heavy atom. The average molecular weight is 469 g/mol. The van der Waals surface area contributed by atoms with Gasteiger partial charge in [-0.3, -0.25) is 29.4 Å². The van der Waals surface area contributed by atoms with Crippen LogP contribution in [0.2, 0.25) is 0 Å². The minimum absolute atomic E-state index is 0.0587. The molecule has 0 aromatic heterocycles. The lowest BCUT2D eigenvalue weighted by Gasteiger charge is -2.34. The number of piperazine rings is 1. The van der Waals surface area contributed by atoms with E-state index in [0.29, 0.717) is 62.9 Å². The summed E-state index contributed by atoms with van der Waals surface area (Å²) in [6.45, 7) is 5.50. The summed E-state index contributed by atoms with van der Waals surface area (Å²) in [5.41, 5.74) is 0.846. The van der Waals surface area contributed by atoms with Crippen LogP contribution in [0.1, 0.15) is 17.3 Å². The highest BCUT2D eigenvalue weighted by atomic mass is 16.6. The van der Waals surface area contributed by atoms with E-state index in [1.165, 1.54) is 24.3 Å². The van der Waals surface area contributed by atoms with E-state index in [-0.39, 0.29) is 11.6 Å². The number of nitrogens with zero attached hydrogens (tertiary/aromatic N) is 3. The van der Waals surface area contributed by atoms with Crippen molar-refractivity contribution >= 4 is 29.1 Å². The van der Waals surface area contributed by atoms with Crippen LogP contribution in [-0.4, -0.2) is 78.3 Å². The lowest BCUT2D eigenvalue weighted by Crippen LogP contribution is -2.50. The Balaban J connectivity index is 1.36. The summed E-state index contributed by atoms with van der Waals surface area (Å²) in [5.74, 6) is -0.961. The van der Waals surface area contributed by atoms with Crippen LogP contribution in [0, 0.1) is 10.1 Å². The topological polar surface area (TPSA) is 134 Å². The molecule has 1 saturated heterocycles. The van der Waals surface area contributed by atoms with Crippen molar-refractivity contribution in [1.82, 2.24) is 15.1 Å². The van der Waals surface area contributed by atoms with Crippen LogP contribution in [0.5, 0.6) is 5.75 Å². The lowest BCUT2D eigenvalue weighted by atomic mass is 10.1. The molecule has 2 N–H and O–H groups in total. The molecule has 180 valence electrons. The Labute approximate surface area is 196 Å². The summed E-state index contributed by atoms with van der Waals surface area (Å²) in [4.78, 5) is 50.8. The van der Waals surface area contributed by atoms with E-state index in [4.69, 9.17) is 4.74 Å². The number of nitro groups is 1. The second-order valence-electron chi connectivity index (χ2n) is 7.61. The van der Waals surface area contributed by atoms with Gasteiger partial charge in [0.2, 0.25) is 0 Å². The second kappa shape index (κ2) is 11.8. The first-order valence-electron chi connectivity index (χ1n) is 11.0. The molecule has 3 amide bonds. The van der Waals surface area contributed by atoms with Gasteiger partial charge in [-0.05, 0) is 43.3 Å². The number of nitrogens with one attached hydrogen (secondary N) is 2. The summed E-state index contributed by atoms with van der Waals surface area (Å²) in [6.07, 6.45) is 0. The van der Waals surface area contributed by atoms with Crippen LogP contribution in [0.15, 0.2) is 48.5 Å². The maximum absolute atomic E-state index is 12.6. The van der Waals surface area contributed by atoms with Crippen molar-refractivity contribution in [2.75, 3.05) is 51.2 Å². The number of amides is 3. The molecule has 0 unspecified atom stereocenters. The lowest BCUT2D eigenvalue weighted by molar-refractivity contribution is -0.384. The largest absolute Gasteiger partial charge is 0.494 e. The van der Waals surface area contributed by atoms with Crippen molar-refractivity contribution in [3.8, 4) is 5.75 Å². The highest BCUT2D eigenvalue weighted by molar-refractivity contribution is 6.39. The van der Waals surface area contributed by atoms with Crippen LogP contribution in [0.25, 0.3) is 0 Å². The van der Waals surface area contributed by atoms with Crippen LogP contribution < -0.4 is 15.4 Å². The summed E-state index contributed by atoms with van der Waals surface area (Å²) in [5, 5.41) is 15.9. The summed E-state index contributed by atoms with van der Waals surface area (Å²) < 4.78 is 5.34. The Kier molecular flexibility index (Phi) is 8.52. The molecule has 1 heterocycles. The van der Waals surface area contributed by atoms with Gasteiger partial charge in [0, 0.05) is 62.7 Å². The highest BCUT2D eigenvalue weighted by Crippen LogP contribution is 2.16. The predicted octanol–water partition coefficient (Wildman–Crippen LogP) is 1.51. The van der Waals surface area contributed by atoms with Gasteiger partial charge in [0.15, 0.2) is 0 Å². The van der Waals surface area contributed by atoms with E-state index >= 15 is 0 Å². The smallest absolute Gasteiger partial charge is 0.313 e. The SMILES string of the molecule is CCOc1ccc(NC(=O)C(=O)NCCN2CCN(C(=O)c3ccc([N+](=O)[O-])cc3)CC2)cc1. The molecule has 1 aliphatic rings. The van der Waals surface area contributed by atoms with E-state index < -0.39 is 16.7 Å². The summed E-state index contributed by atoms with van der Waals surface area (Å²) in [7, 11) is 0. The molecule has 11 heteroatoms. The molecule has 0 saturated carbocycles. The van der Waals surface area contributed by atoms with Gasteiger partial charge in [-0.2, -0.15) is 0 Å². The fourth-order valence-corrected chi connectivity index (χ4v) is 3.48. The molecule has 0 bridgehead atoms. The Hall–Kier alpha value is -3.99. The van der Waals surface area contributed by atoms with E-state index in [9.17, 15) is 24.5 Å². The molecule has 2 aromatic rings. The fraction of sp³-hybridized carbons (Fsp3) is 0.348. The van der Waals surface area contributed by atoms with Crippen LogP contribution in [-0.2, 0) is 9.59 Å². The molecule has 0 aliphatic carbocycles. The molecule has 0 atom stereocenters. The monoisotopic (exact) mass is 469 g/mol. The molecule has 3 rings (SSSR count). The third-order valence-corrected chi connectivity index (χ3v) is 5.33. The third kappa shape index (κ3) is 6.75. The molecule has 2 aromatic carbocycles. The number of anilines is 1. The van der Waals surface area contributed by atoms with Crippen LogP contribution in [0.3, 0.4) is 0 Å². The molecule has 11 nitrogen and oxygen atoms in total. The molecule has 34 heavy (non-hydrogen) atoms. The molecule has 0 radical (unpaired) electrons. The van der Waals surface area contributed by atoms with Crippen molar-refractivity contribution in [2.45, 2.75) is 6.92 Å². The van der Waals surface area contributed by atoms with E-state index in [2.05, 4.69) is 15.5 Å². The highest BCUT2D eigenvalue weighted by Gasteiger charge is 2.23. The predicted molar refractivity (Wildman–Crippen MR) is 125 cm³/mol. The number of rotatable bonds is 8. The fourth-order valence-electron chi connectivity index (χ4n) is 3.48. The van der Waals surface area contributed by atoms with Gasteiger partial charge < -0.3 is 20.3 Å². The number of benzene rings is 2.